The SMILES string of the molecule is CC(C)[C@@H]1CC[C@@H](C)C[C@H]1O[C@@H](C1CCCCC1=O)[C@@H](CC(=O)O)Sc1ccccc1. The summed E-state index contributed by atoms with van der Waals surface area (Å²) in [6.07, 6.45) is 6.45. The Bertz CT molecular complexity index is 719. The zero-order chi connectivity index (χ0) is 22.4. The van der Waals surface area contributed by atoms with Gasteiger partial charge in [-0.3, -0.25) is 9.59 Å². The van der Waals surface area contributed by atoms with E-state index in [0.717, 1.165) is 37.0 Å². The number of thioether (sulfide) groups is 1. The summed E-state index contributed by atoms with van der Waals surface area (Å²) >= 11 is 1.56. The minimum atomic E-state index is -0.831. The van der Waals surface area contributed by atoms with E-state index in [0.29, 0.717) is 24.2 Å². The largest absolute Gasteiger partial charge is 0.481 e. The minimum Gasteiger partial charge on any atom is -0.481 e. The van der Waals surface area contributed by atoms with Gasteiger partial charge >= 0.3 is 5.97 Å². The van der Waals surface area contributed by atoms with Gasteiger partial charge in [0.2, 0.25) is 0 Å². The topological polar surface area (TPSA) is 63.6 Å². The molecule has 2 fully saturated rings. The van der Waals surface area contributed by atoms with E-state index in [4.69, 9.17) is 4.74 Å². The Kier molecular flexibility index (Phi) is 9.03. The molecule has 3 rings (SSSR count). The zero-order valence-corrected chi connectivity index (χ0v) is 20.0. The molecule has 1 aromatic rings. The van der Waals surface area contributed by atoms with E-state index >= 15 is 0 Å². The molecule has 5 heteroatoms. The number of hydrogen-bond donors (Lipinski definition) is 1. The smallest absolute Gasteiger partial charge is 0.304 e. The first-order valence-corrected chi connectivity index (χ1v) is 12.8. The number of benzene rings is 1. The molecule has 1 unspecified atom stereocenters. The number of carbonyl (C=O) groups excluding carboxylic acids is 1. The maximum atomic E-state index is 13.0. The summed E-state index contributed by atoms with van der Waals surface area (Å²) in [4.78, 5) is 25.8. The molecular weight excluding hydrogens is 408 g/mol. The maximum Gasteiger partial charge on any atom is 0.304 e. The van der Waals surface area contributed by atoms with E-state index in [9.17, 15) is 14.7 Å². The van der Waals surface area contributed by atoms with E-state index in [1.54, 1.807) is 11.8 Å². The third-order valence-electron chi connectivity index (χ3n) is 7.06. The molecule has 31 heavy (non-hydrogen) atoms. The molecule has 6 atom stereocenters. The monoisotopic (exact) mass is 446 g/mol. The lowest BCUT2D eigenvalue weighted by molar-refractivity contribution is -0.145. The van der Waals surface area contributed by atoms with Crippen LogP contribution in [0.3, 0.4) is 0 Å². The van der Waals surface area contributed by atoms with Crippen molar-refractivity contribution in [1.82, 2.24) is 0 Å². The molecule has 0 spiro atoms. The Morgan fingerprint density at radius 3 is 2.55 bits per heavy atom. The first kappa shape index (κ1) is 24.3. The fourth-order valence-corrected chi connectivity index (χ4v) is 6.62. The van der Waals surface area contributed by atoms with Crippen molar-refractivity contribution in [3.8, 4) is 0 Å². The third kappa shape index (κ3) is 6.82. The van der Waals surface area contributed by atoms with E-state index < -0.39 is 5.97 Å². The normalized spacial score (nSPS) is 29.0. The van der Waals surface area contributed by atoms with Crippen LogP contribution in [0.15, 0.2) is 35.2 Å². The van der Waals surface area contributed by atoms with Gasteiger partial charge in [-0.1, -0.05) is 51.8 Å². The predicted octanol–water partition coefficient (Wildman–Crippen LogP) is 6.23. The number of ether oxygens (including phenoxy) is 1. The van der Waals surface area contributed by atoms with Crippen molar-refractivity contribution in [3.63, 3.8) is 0 Å². The van der Waals surface area contributed by atoms with Crippen LogP contribution in [-0.2, 0) is 14.3 Å². The van der Waals surface area contributed by atoms with Crippen molar-refractivity contribution in [2.24, 2.45) is 23.7 Å². The van der Waals surface area contributed by atoms with E-state index in [1.165, 1.54) is 6.42 Å². The highest BCUT2D eigenvalue weighted by molar-refractivity contribution is 8.00. The molecule has 2 saturated carbocycles. The second-order valence-electron chi connectivity index (χ2n) is 9.85. The molecule has 0 aliphatic heterocycles. The predicted molar refractivity (Wildman–Crippen MR) is 125 cm³/mol. The highest BCUT2D eigenvalue weighted by Crippen LogP contribution is 2.41. The van der Waals surface area contributed by atoms with Crippen molar-refractivity contribution in [3.05, 3.63) is 30.3 Å². The van der Waals surface area contributed by atoms with Crippen LogP contribution in [0.5, 0.6) is 0 Å². The van der Waals surface area contributed by atoms with Gasteiger partial charge in [0.05, 0.1) is 18.6 Å². The van der Waals surface area contributed by atoms with Gasteiger partial charge in [0.1, 0.15) is 5.78 Å². The van der Waals surface area contributed by atoms with Crippen molar-refractivity contribution in [1.29, 1.82) is 0 Å². The highest BCUT2D eigenvalue weighted by atomic mass is 32.2. The molecule has 0 heterocycles. The van der Waals surface area contributed by atoms with Gasteiger partial charge in [-0.25, -0.2) is 0 Å². The quantitative estimate of drug-likeness (QED) is 0.456. The van der Waals surface area contributed by atoms with Crippen LogP contribution in [0.1, 0.15) is 72.1 Å². The standard InChI is InChI=1S/C26H38O4S/c1-17(2)20-14-13-18(3)15-23(20)30-26(21-11-7-8-12-22(21)27)24(16-25(28)29)31-19-9-5-4-6-10-19/h4-6,9-10,17-18,20-21,23-24,26H,7-8,11-16H2,1-3H3,(H,28,29)/t18-,20+,21?,23-,24-,26+/m1/s1. The average Bonchev–Trinajstić information content (AvgIpc) is 2.72. The summed E-state index contributed by atoms with van der Waals surface area (Å²) in [7, 11) is 0. The van der Waals surface area contributed by atoms with E-state index in [2.05, 4.69) is 20.8 Å². The number of carbonyl (C=O) groups is 2. The molecule has 0 aromatic heterocycles. The first-order valence-electron chi connectivity index (χ1n) is 12.0. The number of carboxylic acid groups (broad SMARTS) is 1. The van der Waals surface area contributed by atoms with Gasteiger partial charge in [0.15, 0.2) is 0 Å². The van der Waals surface area contributed by atoms with Crippen LogP contribution >= 0.6 is 11.8 Å². The number of aliphatic carboxylic acids is 1. The molecule has 4 nitrogen and oxygen atoms in total. The van der Waals surface area contributed by atoms with Crippen molar-refractivity contribution >= 4 is 23.5 Å². The Morgan fingerprint density at radius 2 is 1.90 bits per heavy atom. The molecule has 2 aliphatic carbocycles. The van der Waals surface area contributed by atoms with Gasteiger partial charge in [0, 0.05) is 22.5 Å². The summed E-state index contributed by atoms with van der Waals surface area (Å²) < 4.78 is 6.88. The fraction of sp³-hybridized carbons (Fsp3) is 0.692. The summed E-state index contributed by atoms with van der Waals surface area (Å²) in [6, 6.07) is 9.93. The van der Waals surface area contributed by atoms with Gasteiger partial charge < -0.3 is 9.84 Å². The highest BCUT2D eigenvalue weighted by Gasteiger charge is 2.42. The molecule has 0 radical (unpaired) electrons. The molecular formula is C26H38O4S. The summed E-state index contributed by atoms with van der Waals surface area (Å²) in [6.45, 7) is 6.79. The van der Waals surface area contributed by atoms with E-state index in [-0.39, 0.29) is 35.6 Å². The molecule has 0 amide bonds. The fourth-order valence-electron chi connectivity index (χ4n) is 5.34. The molecule has 1 N–H and O–H groups in total. The van der Waals surface area contributed by atoms with Gasteiger partial charge in [-0.2, -0.15) is 0 Å². The third-order valence-corrected chi connectivity index (χ3v) is 8.35. The summed E-state index contributed by atoms with van der Waals surface area (Å²) in [5.41, 5.74) is 0. The Balaban J connectivity index is 1.90. The zero-order valence-electron chi connectivity index (χ0n) is 19.2. The Labute approximate surface area is 191 Å². The second kappa shape index (κ2) is 11.5. The van der Waals surface area contributed by atoms with Crippen molar-refractivity contribution in [2.45, 2.75) is 94.5 Å². The van der Waals surface area contributed by atoms with Gasteiger partial charge in [-0.15, -0.1) is 11.8 Å². The number of carboxylic acids is 1. The van der Waals surface area contributed by atoms with Crippen LogP contribution in [-0.4, -0.2) is 34.3 Å². The number of hydrogen-bond acceptors (Lipinski definition) is 4. The molecule has 0 saturated heterocycles. The molecule has 172 valence electrons. The summed E-state index contributed by atoms with van der Waals surface area (Å²) in [5.74, 6) is 0.805. The number of ketones is 1. The maximum absolute atomic E-state index is 13.0. The van der Waals surface area contributed by atoms with Crippen LogP contribution in [0, 0.1) is 23.7 Å². The van der Waals surface area contributed by atoms with Crippen molar-refractivity contribution in [2.75, 3.05) is 0 Å². The minimum absolute atomic E-state index is 0.00261. The van der Waals surface area contributed by atoms with Crippen LogP contribution in [0.4, 0.5) is 0 Å². The van der Waals surface area contributed by atoms with Crippen LogP contribution in [0.25, 0.3) is 0 Å². The van der Waals surface area contributed by atoms with Gasteiger partial charge in [0.25, 0.3) is 0 Å². The van der Waals surface area contributed by atoms with E-state index in [1.807, 2.05) is 30.3 Å². The average molecular weight is 447 g/mol. The second-order valence-corrected chi connectivity index (χ2v) is 11.2. The number of Topliss-reactive ketones (excluding diaryl/α,β-unsaturated/α-hetero) is 1. The lowest BCUT2D eigenvalue weighted by atomic mass is 9.75. The Morgan fingerprint density at radius 1 is 1.16 bits per heavy atom. The number of rotatable bonds is 9. The Hall–Kier alpha value is -1.33. The lowest BCUT2D eigenvalue weighted by Crippen LogP contribution is -2.46. The molecule has 0 bridgehead atoms. The van der Waals surface area contributed by atoms with Crippen molar-refractivity contribution < 1.29 is 19.4 Å². The van der Waals surface area contributed by atoms with Crippen LogP contribution < -0.4 is 0 Å². The molecule has 1 aromatic carbocycles. The summed E-state index contributed by atoms with van der Waals surface area (Å²) in [5, 5.41) is 9.43. The van der Waals surface area contributed by atoms with Crippen LogP contribution in [0.2, 0.25) is 0 Å². The van der Waals surface area contributed by atoms with Gasteiger partial charge in [-0.05, 0) is 55.6 Å². The first-order chi connectivity index (χ1) is 14.8. The lowest BCUT2D eigenvalue weighted by Gasteiger charge is -2.43. The molecule has 2 aliphatic rings.